The van der Waals surface area contributed by atoms with Gasteiger partial charge in [0.05, 0.1) is 5.69 Å². The van der Waals surface area contributed by atoms with Gasteiger partial charge in [-0.15, -0.1) is 11.3 Å². The van der Waals surface area contributed by atoms with E-state index in [1.807, 2.05) is 36.6 Å². The first kappa shape index (κ1) is 19.5. The lowest BCUT2D eigenvalue weighted by Crippen LogP contribution is -2.25. The van der Waals surface area contributed by atoms with Crippen LogP contribution in [0, 0.1) is 6.92 Å². The summed E-state index contributed by atoms with van der Waals surface area (Å²) in [5, 5.41) is 10.5. The van der Waals surface area contributed by atoms with Crippen LogP contribution in [0.5, 0.6) is 0 Å². The molecule has 0 saturated heterocycles. The van der Waals surface area contributed by atoms with Crippen LogP contribution in [-0.4, -0.2) is 23.3 Å². The monoisotopic (exact) mass is 419 g/mol. The van der Waals surface area contributed by atoms with Crippen molar-refractivity contribution in [2.24, 2.45) is 0 Å². The Morgan fingerprint density at radius 1 is 1.19 bits per heavy atom. The molecule has 5 nitrogen and oxygen atoms in total. The highest BCUT2D eigenvalue weighted by molar-refractivity contribution is 7.16. The summed E-state index contributed by atoms with van der Waals surface area (Å²) in [7, 11) is 0. The summed E-state index contributed by atoms with van der Waals surface area (Å²) in [5.74, 6) is -0.226. The molecule has 2 N–H and O–H groups in total. The van der Waals surface area contributed by atoms with Gasteiger partial charge in [-0.2, -0.15) is 11.3 Å². The molecule has 27 heavy (non-hydrogen) atoms. The Kier molecular flexibility index (Phi) is 6.60. The predicted octanol–water partition coefficient (Wildman–Crippen LogP) is 4.98. The van der Waals surface area contributed by atoms with E-state index in [4.69, 9.17) is 11.6 Å². The van der Waals surface area contributed by atoms with E-state index in [-0.39, 0.29) is 11.8 Å². The zero-order chi connectivity index (χ0) is 19.2. The minimum Gasteiger partial charge on any atom is -0.352 e. The fourth-order valence-corrected chi connectivity index (χ4v) is 4.07. The van der Waals surface area contributed by atoms with Crippen LogP contribution in [0.1, 0.15) is 28.1 Å². The molecular weight excluding hydrogens is 402 g/mol. The highest BCUT2D eigenvalue weighted by atomic mass is 35.5. The Balaban J connectivity index is 1.47. The average Bonchev–Trinajstić information content (AvgIpc) is 3.29. The van der Waals surface area contributed by atoms with Gasteiger partial charge in [0.15, 0.2) is 5.13 Å². The van der Waals surface area contributed by atoms with Crippen LogP contribution in [0.2, 0.25) is 5.02 Å². The third-order valence-electron chi connectivity index (χ3n) is 3.81. The van der Waals surface area contributed by atoms with E-state index >= 15 is 0 Å². The van der Waals surface area contributed by atoms with Crippen LogP contribution in [0.3, 0.4) is 0 Å². The van der Waals surface area contributed by atoms with Gasteiger partial charge in [-0.1, -0.05) is 23.7 Å². The van der Waals surface area contributed by atoms with Crippen LogP contribution in [0.25, 0.3) is 11.3 Å². The lowest BCUT2D eigenvalue weighted by molar-refractivity contribution is -0.116. The third-order valence-corrected chi connectivity index (χ3v) is 5.63. The molecule has 0 saturated carbocycles. The first-order valence-electron chi connectivity index (χ1n) is 8.36. The van der Waals surface area contributed by atoms with Crippen LogP contribution < -0.4 is 10.6 Å². The van der Waals surface area contributed by atoms with E-state index in [0.717, 1.165) is 16.1 Å². The Morgan fingerprint density at radius 2 is 1.96 bits per heavy atom. The van der Waals surface area contributed by atoms with Crippen molar-refractivity contribution in [3.8, 4) is 11.3 Å². The molecule has 0 aliphatic heterocycles. The van der Waals surface area contributed by atoms with Crippen molar-refractivity contribution in [1.82, 2.24) is 10.3 Å². The van der Waals surface area contributed by atoms with Crippen LogP contribution in [0.15, 0.2) is 41.1 Å². The standard InChI is InChI=1S/C19H18ClN3O2S2/c1-12-17(13-4-6-15(20)7-5-13)23-19(27-12)22-16(24)3-2-9-21-18(25)14-8-10-26-11-14/h4-8,10-11H,2-3,9H2,1H3,(H,21,25)(H,22,23,24). The summed E-state index contributed by atoms with van der Waals surface area (Å²) < 4.78 is 0. The number of rotatable bonds is 7. The van der Waals surface area contributed by atoms with Crippen molar-refractivity contribution < 1.29 is 9.59 Å². The molecule has 1 aromatic carbocycles. The van der Waals surface area contributed by atoms with Crippen molar-refractivity contribution in [2.75, 3.05) is 11.9 Å². The lowest BCUT2D eigenvalue weighted by Gasteiger charge is -2.04. The van der Waals surface area contributed by atoms with Gasteiger partial charge >= 0.3 is 0 Å². The topological polar surface area (TPSA) is 71.1 Å². The number of carbonyl (C=O) groups is 2. The van der Waals surface area contributed by atoms with Gasteiger partial charge < -0.3 is 10.6 Å². The number of thiophene rings is 1. The molecule has 2 aromatic heterocycles. The number of aryl methyl sites for hydroxylation is 1. The predicted molar refractivity (Wildman–Crippen MR) is 112 cm³/mol. The molecule has 0 unspecified atom stereocenters. The number of thiazole rings is 1. The number of anilines is 1. The normalized spacial score (nSPS) is 10.6. The molecule has 2 amide bonds. The van der Waals surface area contributed by atoms with Crippen molar-refractivity contribution in [1.29, 1.82) is 0 Å². The first-order chi connectivity index (χ1) is 13.0. The second-order valence-corrected chi connectivity index (χ2v) is 8.27. The average molecular weight is 420 g/mol. The fraction of sp³-hybridized carbons (Fsp3) is 0.211. The number of halogens is 1. The van der Waals surface area contributed by atoms with E-state index in [9.17, 15) is 9.59 Å². The maximum absolute atomic E-state index is 12.1. The van der Waals surface area contributed by atoms with Gasteiger partial charge in [-0.3, -0.25) is 9.59 Å². The van der Waals surface area contributed by atoms with Crippen LogP contribution in [-0.2, 0) is 4.79 Å². The summed E-state index contributed by atoms with van der Waals surface area (Å²) in [6.07, 6.45) is 0.884. The van der Waals surface area contributed by atoms with Crippen molar-refractivity contribution >= 4 is 51.2 Å². The molecule has 0 spiro atoms. The Morgan fingerprint density at radius 3 is 2.67 bits per heavy atom. The van der Waals surface area contributed by atoms with Crippen LogP contribution >= 0.6 is 34.3 Å². The fourth-order valence-electron chi connectivity index (χ4n) is 2.45. The minimum atomic E-state index is -0.115. The van der Waals surface area contributed by atoms with E-state index in [0.29, 0.717) is 35.1 Å². The molecular formula is C19H18ClN3O2S2. The van der Waals surface area contributed by atoms with Crippen molar-refractivity contribution in [3.63, 3.8) is 0 Å². The number of benzene rings is 1. The SMILES string of the molecule is Cc1sc(NC(=O)CCCNC(=O)c2ccsc2)nc1-c1ccc(Cl)cc1. The summed E-state index contributed by atoms with van der Waals surface area (Å²) in [5.41, 5.74) is 2.46. The molecule has 0 aliphatic rings. The highest BCUT2D eigenvalue weighted by Crippen LogP contribution is 2.31. The van der Waals surface area contributed by atoms with E-state index in [1.165, 1.54) is 22.7 Å². The number of hydrogen-bond donors (Lipinski definition) is 2. The van der Waals surface area contributed by atoms with Gasteiger partial charge in [-0.25, -0.2) is 4.98 Å². The largest absolute Gasteiger partial charge is 0.352 e. The highest BCUT2D eigenvalue weighted by Gasteiger charge is 2.12. The van der Waals surface area contributed by atoms with Crippen LogP contribution in [0.4, 0.5) is 5.13 Å². The number of aromatic nitrogens is 1. The van der Waals surface area contributed by atoms with Gasteiger partial charge in [0.25, 0.3) is 5.91 Å². The smallest absolute Gasteiger partial charge is 0.252 e. The zero-order valence-corrected chi connectivity index (χ0v) is 17.0. The van der Waals surface area contributed by atoms with E-state index in [1.54, 1.807) is 11.4 Å². The lowest BCUT2D eigenvalue weighted by atomic mass is 10.1. The van der Waals surface area contributed by atoms with Gasteiger partial charge in [0, 0.05) is 39.4 Å². The molecule has 8 heteroatoms. The summed E-state index contributed by atoms with van der Waals surface area (Å²) in [6.45, 7) is 2.42. The summed E-state index contributed by atoms with van der Waals surface area (Å²) >= 11 is 8.84. The number of nitrogens with zero attached hydrogens (tertiary/aromatic N) is 1. The first-order valence-corrected chi connectivity index (χ1v) is 10.5. The molecule has 0 radical (unpaired) electrons. The van der Waals surface area contributed by atoms with Crippen molar-refractivity contribution in [2.45, 2.75) is 19.8 Å². The number of hydrogen-bond acceptors (Lipinski definition) is 5. The molecule has 0 aliphatic carbocycles. The second kappa shape index (κ2) is 9.12. The summed E-state index contributed by atoms with van der Waals surface area (Å²) in [6, 6.07) is 9.23. The number of amides is 2. The van der Waals surface area contributed by atoms with Gasteiger partial charge in [-0.05, 0) is 36.9 Å². The molecule has 2 heterocycles. The third kappa shape index (κ3) is 5.38. The molecule has 140 valence electrons. The zero-order valence-electron chi connectivity index (χ0n) is 14.6. The molecule has 3 rings (SSSR count). The summed E-state index contributed by atoms with van der Waals surface area (Å²) in [4.78, 5) is 29.5. The van der Waals surface area contributed by atoms with Gasteiger partial charge in [0.1, 0.15) is 0 Å². The Labute approximate surface area is 170 Å². The Hall–Kier alpha value is -2.22. The molecule has 0 fully saturated rings. The quantitative estimate of drug-likeness (QED) is 0.530. The molecule has 3 aromatic rings. The van der Waals surface area contributed by atoms with Crippen molar-refractivity contribution in [3.05, 3.63) is 56.6 Å². The minimum absolute atomic E-state index is 0.111. The number of nitrogens with one attached hydrogen (secondary N) is 2. The second-order valence-electron chi connectivity index (χ2n) is 5.85. The van der Waals surface area contributed by atoms with Gasteiger partial charge in [0.2, 0.25) is 5.91 Å². The molecule has 0 atom stereocenters. The van der Waals surface area contributed by atoms with E-state index < -0.39 is 0 Å². The molecule has 0 bridgehead atoms. The number of carbonyl (C=O) groups excluding carboxylic acids is 2. The van der Waals surface area contributed by atoms with E-state index in [2.05, 4.69) is 15.6 Å². The Bertz CT molecular complexity index is 921. The maximum atomic E-state index is 12.1. The maximum Gasteiger partial charge on any atom is 0.252 e.